The first-order valence-electron chi connectivity index (χ1n) is 6.37. The molecule has 2 rings (SSSR count). The van der Waals surface area contributed by atoms with E-state index in [2.05, 4.69) is 4.98 Å². The van der Waals surface area contributed by atoms with Gasteiger partial charge in [0.05, 0.1) is 12.3 Å². The number of pyridine rings is 1. The van der Waals surface area contributed by atoms with Gasteiger partial charge in [0, 0.05) is 6.07 Å². The third-order valence-corrected chi connectivity index (χ3v) is 3.07. The van der Waals surface area contributed by atoms with E-state index in [-0.39, 0.29) is 5.69 Å². The van der Waals surface area contributed by atoms with E-state index >= 15 is 0 Å². The molecule has 0 aliphatic heterocycles. The normalized spacial score (nSPS) is 10.6. The van der Waals surface area contributed by atoms with Gasteiger partial charge in [0.2, 0.25) is 5.88 Å². The van der Waals surface area contributed by atoms with Crippen molar-refractivity contribution in [3.05, 3.63) is 40.8 Å². The van der Waals surface area contributed by atoms with E-state index in [1.807, 2.05) is 13.8 Å². The Hall–Kier alpha value is -1.81. The molecule has 5 heteroatoms. The van der Waals surface area contributed by atoms with Gasteiger partial charge in [-0.15, -0.1) is 0 Å². The standard InChI is InChI=1S/C15H16ClFN2O/c1-3-4-20-15-7-10(6-14(16)19-15)11-8-13(18)12(17)5-9(11)2/h5-8H,3-4,18H2,1-2H3. The first-order valence-corrected chi connectivity index (χ1v) is 6.75. The smallest absolute Gasteiger partial charge is 0.215 e. The highest BCUT2D eigenvalue weighted by atomic mass is 35.5. The molecular weight excluding hydrogens is 279 g/mol. The molecule has 0 atom stereocenters. The molecule has 0 aliphatic carbocycles. The monoisotopic (exact) mass is 294 g/mol. The molecule has 20 heavy (non-hydrogen) atoms. The Morgan fingerprint density at radius 2 is 2.05 bits per heavy atom. The van der Waals surface area contributed by atoms with E-state index < -0.39 is 5.82 Å². The van der Waals surface area contributed by atoms with Crippen LogP contribution in [0.15, 0.2) is 24.3 Å². The van der Waals surface area contributed by atoms with Crippen LogP contribution >= 0.6 is 11.6 Å². The highest BCUT2D eigenvalue weighted by Gasteiger charge is 2.10. The van der Waals surface area contributed by atoms with Gasteiger partial charge in [0.15, 0.2) is 0 Å². The number of nitrogens with two attached hydrogens (primary N) is 1. The van der Waals surface area contributed by atoms with Crippen LogP contribution in [-0.2, 0) is 0 Å². The number of halogens is 2. The summed E-state index contributed by atoms with van der Waals surface area (Å²) in [5.74, 6) is 0.0329. The summed E-state index contributed by atoms with van der Waals surface area (Å²) in [4.78, 5) is 4.10. The molecule has 0 aliphatic rings. The second kappa shape index (κ2) is 6.09. The van der Waals surface area contributed by atoms with Gasteiger partial charge in [-0.2, -0.15) is 0 Å². The fraction of sp³-hybridized carbons (Fsp3) is 0.267. The number of aryl methyl sites for hydroxylation is 1. The van der Waals surface area contributed by atoms with Crippen LogP contribution in [0, 0.1) is 12.7 Å². The van der Waals surface area contributed by atoms with E-state index in [1.165, 1.54) is 6.07 Å². The number of nitrogen functional groups attached to an aromatic ring is 1. The van der Waals surface area contributed by atoms with Crippen LogP contribution in [0.2, 0.25) is 5.15 Å². The summed E-state index contributed by atoms with van der Waals surface area (Å²) in [6, 6.07) is 6.49. The van der Waals surface area contributed by atoms with Gasteiger partial charge in [-0.05, 0) is 48.2 Å². The van der Waals surface area contributed by atoms with Gasteiger partial charge in [0.1, 0.15) is 11.0 Å². The molecule has 0 radical (unpaired) electrons. The molecule has 1 heterocycles. The molecule has 1 aromatic heterocycles. The number of ether oxygens (including phenoxy) is 1. The molecule has 3 nitrogen and oxygen atoms in total. The molecule has 2 N–H and O–H groups in total. The highest BCUT2D eigenvalue weighted by molar-refractivity contribution is 6.29. The number of anilines is 1. The number of hydrogen-bond acceptors (Lipinski definition) is 3. The van der Waals surface area contributed by atoms with Crippen molar-refractivity contribution >= 4 is 17.3 Å². The first-order chi connectivity index (χ1) is 9.51. The third-order valence-electron chi connectivity index (χ3n) is 2.88. The minimum atomic E-state index is -0.422. The van der Waals surface area contributed by atoms with Crippen molar-refractivity contribution in [3.8, 4) is 17.0 Å². The summed E-state index contributed by atoms with van der Waals surface area (Å²) in [5.41, 5.74) is 8.13. The van der Waals surface area contributed by atoms with E-state index in [9.17, 15) is 4.39 Å². The van der Waals surface area contributed by atoms with Gasteiger partial charge in [-0.25, -0.2) is 9.37 Å². The maximum absolute atomic E-state index is 13.4. The maximum atomic E-state index is 13.4. The topological polar surface area (TPSA) is 48.1 Å². The lowest BCUT2D eigenvalue weighted by atomic mass is 10.0. The molecule has 2 aromatic rings. The minimum Gasteiger partial charge on any atom is -0.478 e. The number of nitrogens with zero attached hydrogens (tertiary/aromatic N) is 1. The van der Waals surface area contributed by atoms with Crippen molar-refractivity contribution in [1.29, 1.82) is 0 Å². The first kappa shape index (κ1) is 14.6. The Labute approximate surface area is 122 Å². The molecule has 0 saturated heterocycles. The minimum absolute atomic E-state index is 0.106. The lowest BCUT2D eigenvalue weighted by molar-refractivity contribution is 0.305. The summed E-state index contributed by atoms with van der Waals surface area (Å²) in [5, 5.41) is 0.330. The third kappa shape index (κ3) is 3.20. The molecule has 0 amide bonds. The fourth-order valence-corrected chi connectivity index (χ4v) is 2.11. The van der Waals surface area contributed by atoms with Crippen LogP contribution < -0.4 is 10.5 Å². The molecule has 0 fully saturated rings. The number of hydrogen-bond donors (Lipinski definition) is 1. The summed E-state index contributed by atoms with van der Waals surface area (Å²) >= 11 is 6.01. The molecule has 106 valence electrons. The van der Waals surface area contributed by atoms with Crippen molar-refractivity contribution in [2.75, 3.05) is 12.3 Å². The Balaban J connectivity index is 2.47. The van der Waals surface area contributed by atoms with Crippen LogP contribution in [0.25, 0.3) is 11.1 Å². The maximum Gasteiger partial charge on any atom is 0.215 e. The van der Waals surface area contributed by atoms with Crippen molar-refractivity contribution in [1.82, 2.24) is 4.98 Å². The molecular formula is C15H16ClFN2O. The SMILES string of the molecule is CCCOc1cc(-c2cc(N)c(F)cc2C)cc(Cl)n1. The predicted octanol–water partition coefficient (Wildman–Crippen LogP) is 4.22. The van der Waals surface area contributed by atoms with Crippen LogP contribution in [0.5, 0.6) is 5.88 Å². The van der Waals surface area contributed by atoms with E-state index in [0.29, 0.717) is 17.6 Å². The lowest BCUT2D eigenvalue weighted by Gasteiger charge is -2.11. The largest absolute Gasteiger partial charge is 0.478 e. The van der Waals surface area contributed by atoms with Crippen molar-refractivity contribution < 1.29 is 9.13 Å². The second-order valence-corrected chi connectivity index (χ2v) is 4.94. The second-order valence-electron chi connectivity index (χ2n) is 4.55. The number of rotatable bonds is 4. The Morgan fingerprint density at radius 3 is 2.75 bits per heavy atom. The van der Waals surface area contributed by atoms with Gasteiger partial charge in [-0.1, -0.05) is 18.5 Å². The lowest BCUT2D eigenvalue weighted by Crippen LogP contribution is -1.99. The average Bonchev–Trinajstić information content (AvgIpc) is 2.40. The van der Waals surface area contributed by atoms with Crippen molar-refractivity contribution in [3.63, 3.8) is 0 Å². The Bertz CT molecular complexity index is 632. The van der Waals surface area contributed by atoms with Gasteiger partial charge < -0.3 is 10.5 Å². The zero-order valence-electron chi connectivity index (χ0n) is 11.4. The highest BCUT2D eigenvalue weighted by Crippen LogP contribution is 2.31. The van der Waals surface area contributed by atoms with Crippen LogP contribution in [0.1, 0.15) is 18.9 Å². The zero-order valence-corrected chi connectivity index (χ0v) is 12.2. The quantitative estimate of drug-likeness (QED) is 0.678. The molecule has 0 bridgehead atoms. The summed E-state index contributed by atoms with van der Waals surface area (Å²) < 4.78 is 18.9. The Kier molecular flexibility index (Phi) is 4.45. The summed E-state index contributed by atoms with van der Waals surface area (Å²) in [7, 11) is 0. The van der Waals surface area contributed by atoms with Crippen LogP contribution in [0.3, 0.4) is 0 Å². The van der Waals surface area contributed by atoms with Gasteiger partial charge >= 0.3 is 0 Å². The predicted molar refractivity (Wildman–Crippen MR) is 79.6 cm³/mol. The molecule has 0 unspecified atom stereocenters. The van der Waals surface area contributed by atoms with E-state index in [0.717, 1.165) is 23.1 Å². The van der Waals surface area contributed by atoms with Crippen LogP contribution in [0.4, 0.5) is 10.1 Å². The molecule has 0 spiro atoms. The summed E-state index contributed by atoms with van der Waals surface area (Å²) in [6.07, 6.45) is 0.881. The zero-order chi connectivity index (χ0) is 14.7. The van der Waals surface area contributed by atoms with Gasteiger partial charge in [0.25, 0.3) is 0 Å². The number of benzene rings is 1. The number of aromatic nitrogens is 1. The van der Waals surface area contributed by atoms with Crippen molar-refractivity contribution in [2.24, 2.45) is 0 Å². The van der Waals surface area contributed by atoms with E-state index in [1.54, 1.807) is 18.2 Å². The molecule has 1 aromatic carbocycles. The average molecular weight is 295 g/mol. The van der Waals surface area contributed by atoms with Crippen molar-refractivity contribution in [2.45, 2.75) is 20.3 Å². The fourth-order valence-electron chi connectivity index (χ4n) is 1.91. The van der Waals surface area contributed by atoms with Crippen LogP contribution in [-0.4, -0.2) is 11.6 Å². The van der Waals surface area contributed by atoms with Gasteiger partial charge in [-0.3, -0.25) is 0 Å². The summed E-state index contributed by atoms with van der Waals surface area (Å²) in [6.45, 7) is 4.40. The molecule has 0 saturated carbocycles. The Morgan fingerprint density at radius 1 is 1.30 bits per heavy atom. The van der Waals surface area contributed by atoms with E-state index in [4.69, 9.17) is 22.1 Å².